The molecular weight excluding hydrogens is 560 g/mol. The first kappa shape index (κ1) is 27.0. The van der Waals surface area contributed by atoms with Gasteiger partial charge in [-0.2, -0.15) is 13.2 Å². The zero-order chi connectivity index (χ0) is 27.9. The molecule has 0 bridgehead atoms. The van der Waals surface area contributed by atoms with E-state index in [1.165, 1.54) is 23.9 Å². The SMILES string of the molecule is CN(c1ccc(F)c(NC(=O)Nc2ccc(C(F)(F)F)cc2Cl)c1)C1C=CC2=C(N1)SC(NC(=O)C1CC1)N2. The standard InChI is InChI=1S/C25H23ClF4N6O2S/c1-36(20-9-8-18-22(34-20)39-24(33-18)35-21(37)12-2-3-12)14-5-6-16(27)19(11-14)32-23(38)31-17-7-4-13(10-15(17)26)25(28,29)30/h4-12,20,24,33-34H,2-3H2,1H3,(H,35,37)(H2,31,32,38). The van der Waals surface area contributed by atoms with Crippen LogP contribution in [0.25, 0.3) is 0 Å². The molecule has 0 aromatic heterocycles. The number of hydrogen-bond donors (Lipinski definition) is 5. The molecule has 0 radical (unpaired) electrons. The number of amides is 3. The fourth-order valence-corrected chi connectivity index (χ4v) is 5.23. The molecule has 3 amide bonds. The van der Waals surface area contributed by atoms with Gasteiger partial charge in [0, 0.05) is 18.7 Å². The zero-order valence-corrected chi connectivity index (χ0v) is 21.9. The van der Waals surface area contributed by atoms with Gasteiger partial charge in [0.05, 0.1) is 32.7 Å². The topological polar surface area (TPSA) is 97.5 Å². The Balaban J connectivity index is 1.21. The van der Waals surface area contributed by atoms with Gasteiger partial charge >= 0.3 is 12.2 Å². The Morgan fingerprint density at radius 1 is 1.08 bits per heavy atom. The number of thioether (sulfide) groups is 1. The van der Waals surface area contributed by atoms with Crippen LogP contribution in [0.1, 0.15) is 18.4 Å². The number of hydrogen-bond acceptors (Lipinski definition) is 6. The largest absolute Gasteiger partial charge is 0.416 e. The van der Waals surface area contributed by atoms with Crippen LogP contribution in [0.3, 0.4) is 0 Å². The van der Waals surface area contributed by atoms with Crippen molar-refractivity contribution in [3.05, 3.63) is 75.7 Å². The Morgan fingerprint density at radius 3 is 2.51 bits per heavy atom. The number of rotatable bonds is 6. The lowest BCUT2D eigenvalue weighted by Gasteiger charge is -2.31. The van der Waals surface area contributed by atoms with E-state index >= 15 is 0 Å². The number of dihydropyridines is 1. The highest BCUT2D eigenvalue weighted by atomic mass is 35.5. The van der Waals surface area contributed by atoms with Crippen molar-refractivity contribution in [2.24, 2.45) is 5.92 Å². The molecule has 1 aliphatic carbocycles. The first-order valence-electron chi connectivity index (χ1n) is 11.9. The van der Waals surface area contributed by atoms with Crippen molar-refractivity contribution in [3.63, 3.8) is 0 Å². The summed E-state index contributed by atoms with van der Waals surface area (Å²) in [6.07, 6.45) is 0.733. The molecule has 1 saturated carbocycles. The van der Waals surface area contributed by atoms with Crippen LogP contribution in [0, 0.1) is 11.7 Å². The number of nitrogens with zero attached hydrogens (tertiary/aromatic N) is 1. The van der Waals surface area contributed by atoms with E-state index in [-0.39, 0.29) is 39.9 Å². The molecule has 2 atom stereocenters. The number of carbonyl (C=O) groups excluding carboxylic acids is 2. The van der Waals surface area contributed by atoms with Gasteiger partial charge in [-0.05, 0) is 61.4 Å². The second-order valence-electron chi connectivity index (χ2n) is 9.16. The lowest BCUT2D eigenvalue weighted by Crippen LogP contribution is -2.43. The van der Waals surface area contributed by atoms with Gasteiger partial charge in [0.25, 0.3) is 0 Å². The van der Waals surface area contributed by atoms with E-state index in [4.69, 9.17) is 11.6 Å². The van der Waals surface area contributed by atoms with Gasteiger partial charge in [0.15, 0.2) is 5.50 Å². The molecule has 2 aromatic rings. The molecule has 5 rings (SSSR count). The molecule has 5 N–H and O–H groups in total. The monoisotopic (exact) mass is 582 g/mol. The maximum absolute atomic E-state index is 14.5. The average Bonchev–Trinajstić information content (AvgIpc) is 3.65. The first-order valence-corrected chi connectivity index (χ1v) is 13.1. The average molecular weight is 583 g/mol. The van der Waals surface area contributed by atoms with Gasteiger partial charge in [-0.15, -0.1) is 0 Å². The van der Waals surface area contributed by atoms with E-state index in [9.17, 15) is 27.2 Å². The van der Waals surface area contributed by atoms with Crippen LogP contribution in [-0.2, 0) is 11.0 Å². The molecule has 206 valence electrons. The van der Waals surface area contributed by atoms with Crippen LogP contribution in [0.4, 0.5) is 39.4 Å². The summed E-state index contributed by atoms with van der Waals surface area (Å²) in [7, 11) is 1.78. The van der Waals surface area contributed by atoms with Crippen LogP contribution in [0.15, 0.2) is 59.3 Å². The smallest absolute Gasteiger partial charge is 0.355 e. The molecule has 0 spiro atoms. The predicted molar refractivity (Wildman–Crippen MR) is 142 cm³/mol. The number of anilines is 3. The van der Waals surface area contributed by atoms with Crippen LogP contribution in [0.5, 0.6) is 0 Å². The fourth-order valence-electron chi connectivity index (χ4n) is 3.96. The molecule has 1 fully saturated rings. The molecule has 14 heteroatoms. The van der Waals surface area contributed by atoms with Gasteiger partial charge in [0.1, 0.15) is 12.0 Å². The third-order valence-electron chi connectivity index (χ3n) is 6.28. The number of urea groups is 1. The van der Waals surface area contributed by atoms with Crippen molar-refractivity contribution in [2.75, 3.05) is 22.6 Å². The normalized spacial score (nSPS) is 20.1. The van der Waals surface area contributed by atoms with Gasteiger partial charge in [-0.1, -0.05) is 23.4 Å². The number of halogens is 5. The van der Waals surface area contributed by atoms with Gasteiger partial charge < -0.3 is 31.5 Å². The van der Waals surface area contributed by atoms with Crippen molar-refractivity contribution >= 4 is 52.4 Å². The van der Waals surface area contributed by atoms with Crippen LogP contribution >= 0.6 is 23.4 Å². The van der Waals surface area contributed by atoms with E-state index in [1.807, 2.05) is 17.1 Å². The summed E-state index contributed by atoms with van der Waals surface area (Å²) < 4.78 is 53.1. The number of allylic oxidation sites excluding steroid dienone is 1. The maximum Gasteiger partial charge on any atom is 0.416 e. The Hall–Kier alpha value is -3.58. The van der Waals surface area contributed by atoms with Crippen LogP contribution in [0.2, 0.25) is 5.02 Å². The van der Waals surface area contributed by atoms with Gasteiger partial charge in [-0.25, -0.2) is 9.18 Å². The lowest BCUT2D eigenvalue weighted by molar-refractivity contribution is -0.137. The third kappa shape index (κ3) is 6.19. The molecule has 3 aliphatic rings. The maximum atomic E-state index is 14.5. The fraction of sp³-hybridized carbons (Fsp3) is 0.280. The van der Waals surface area contributed by atoms with Gasteiger partial charge in [0.2, 0.25) is 5.91 Å². The van der Waals surface area contributed by atoms with E-state index in [1.54, 1.807) is 13.1 Å². The van der Waals surface area contributed by atoms with Crippen molar-refractivity contribution in [3.8, 4) is 0 Å². The number of carbonyl (C=O) groups is 2. The van der Waals surface area contributed by atoms with Crippen molar-refractivity contribution in [1.82, 2.24) is 16.0 Å². The van der Waals surface area contributed by atoms with Crippen LogP contribution < -0.4 is 31.5 Å². The highest BCUT2D eigenvalue weighted by molar-refractivity contribution is 8.03. The van der Waals surface area contributed by atoms with E-state index in [2.05, 4.69) is 26.6 Å². The quantitative estimate of drug-likeness (QED) is 0.294. The molecule has 2 aliphatic heterocycles. The Morgan fingerprint density at radius 2 is 1.82 bits per heavy atom. The molecule has 2 unspecified atom stereocenters. The van der Waals surface area contributed by atoms with Crippen LogP contribution in [-0.4, -0.2) is 30.6 Å². The minimum Gasteiger partial charge on any atom is -0.355 e. The summed E-state index contributed by atoms with van der Waals surface area (Å²) in [5.74, 6) is -0.570. The Bertz CT molecular complexity index is 1380. The molecular formula is C25H23ClF4N6O2S. The number of likely N-dealkylation sites (N-methyl/N-ethyl adjacent to an activating group) is 1. The minimum absolute atomic E-state index is 0.0356. The van der Waals surface area contributed by atoms with E-state index in [0.29, 0.717) is 11.8 Å². The highest BCUT2D eigenvalue weighted by Gasteiger charge is 2.35. The summed E-state index contributed by atoms with van der Waals surface area (Å²) in [4.78, 5) is 26.4. The Kier molecular flexibility index (Phi) is 7.29. The summed E-state index contributed by atoms with van der Waals surface area (Å²) in [6.45, 7) is 0. The van der Waals surface area contributed by atoms with Crippen molar-refractivity contribution in [2.45, 2.75) is 30.7 Å². The minimum atomic E-state index is -4.58. The zero-order valence-electron chi connectivity index (χ0n) is 20.3. The summed E-state index contributed by atoms with van der Waals surface area (Å²) in [6, 6.07) is 5.79. The molecule has 39 heavy (non-hydrogen) atoms. The van der Waals surface area contributed by atoms with Gasteiger partial charge in [-0.3, -0.25) is 4.79 Å². The highest BCUT2D eigenvalue weighted by Crippen LogP contribution is 2.35. The van der Waals surface area contributed by atoms with E-state index in [0.717, 1.165) is 35.7 Å². The summed E-state index contributed by atoms with van der Waals surface area (Å²) in [5.41, 5.74) is -0.0164. The number of alkyl halides is 3. The second kappa shape index (κ2) is 10.5. The number of nitrogens with one attached hydrogen (secondary N) is 5. The summed E-state index contributed by atoms with van der Waals surface area (Å²) in [5, 5.41) is 14.8. The lowest BCUT2D eigenvalue weighted by atomic mass is 10.2. The third-order valence-corrected chi connectivity index (χ3v) is 7.64. The molecule has 8 nitrogen and oxygen atoms in total. The molecule has 2 aromatic carbocycles. The Labute approximate surface area is 230 Å². The molecule has 0 saturated heterocycles. The van der Waals surface area contributed by atoms with Crippen molar-refractivity contribution in [1.29, 1.82) is 0 Å². The first-order chi connectivity index (χ1) is 18.5. The van der Waals surface area contributed by atoms with Crippen molar-refractivity contribution < 1.29 is 27.2 Å². The summed E-state index contributed by atoms with van der Waals surface area (Å²) >= 11 is 7.34. The second-order valence-corrected chi connectivity index (χ2v) is 10.7. The van der Waals surface area contributed by atoms with E-state index < -0.39 is 23.6 Å². The predicted octanol–water partition coefficient (Wildman–Crippen LogP) is 5.38. The molecule has 2 heterocycles. The number of benzene rings is 2.